The predicted octanol–water partition coefficient (Wildman–Crippen LogP) is 3.62. The number of piperidine rings is 1. The zero-order chi connectivity index (χ0) is 22.2. The Labute approximate surface area is 181 Å². The second kappa shape index (κ2) is 8.48. The number of sulfonamides is 1. The Bertz CT molecular complexity index is 1190. The summed E-state index contributed by atoms with van der Waals surface area (Å²) in [6.07, 6.45) is 1.05. The zero-order valence-electron chi connectivity index (χ0n) is 16.5. The maximum Gasteiger partial charge on any atom is 0.243 e. The number of nitrogens with one attached hydrogen (secondary N) is 1. The number of methoxy groups -OCH3 is 1. The van der Waals surface area contributed by atoms with Crippen LogP contribution in [0.5, 0.6) is 5.75 Å². The number of hydrogen-bond acceptors (Lipinski definition) is 6. The first-order chi connectivity index (χ1) is 14.8. The lowest BCUT2D eigenvalue weighted by Crippen LogP contribution is -2.43. The third-order valence-electron chi connectivity index (χ3n) is 5.11. The van der Waals surface area contributed by atoms with Gasteiger partial charge in [0.15, 0.2) is 16.8 Å². The van der Waals surface area contributed by atoms with Crippen molar-refractivity contribution in [2.45, 2.75) is 17.7 Å². The Balaban J connectivity index is 1.48. The predicted molar refractivity (Wildman–Crippen MR) is 113 cm³/mol. The van der Waals surface area contributed by atoms with Crippen LogP contribution < -0.4 is 10.1 Å². The number of carbonyl (C=O) groups excluding carboxylic acids is 1. The van der Waals surface area contributed by atoms with E-state index in [4.69, 9.17) is 4.74 Å². The van der Waals surface area contributed by atoms with Crippen molar-refractivity contribution >= 4 is 42.6 Å². The van der Waals surface area contributed by atoms with E-state index in [9.17, 15) is 22.0 Å². The number of ether oxygens (including phenoxy) is 1. The average Bonchev–Trinajstić information content (AvgIpc) is 3.14. The molecule has 0 radical (unpaired) electrons. The highest BCUT2D eigenvalue weighted by molar-refractivity contribution is 7.89. The fourth-order valence-corrected chi connectivity index (χ4v) is 5.86. The molecule has 0 saturated carbocycles. The number of carbonyl (C=O) groups is 1. The molecule has 1 aromatic heterocycles. The summed E-state index contributed by atoms with van der Waals surface area (Å²) in [7, 11) is -2.26. The van der Waals surface area contributed by atoms with Crippen LogP contribution in [0.25, 0.3) is 10.2 Å². The molecule has 31 heavy (non-hydrogen) atoms. The molecule has 7 nitrogen and oxygen atoms in total. The third-order valence-corrected chi connectivity index (χ3v) is 7.93. The number of benzene rings is 2. The van der Waals surface area contributed by atoms with Gasteiger partial charge in [-0.05, 0) is 43.2 Å². The molecule has 3 aromatic rings. The molecule has 1 unspecified atom stereocenters. The second-order valence-corrected chi connectivity index (χ2v) is 10.1. The lowest BCUT2D eigenvalue weighted by molar-refractivity contribution is -0.120. The van der Waals surface area contributed by atoms with Gasteiger partial charge in [0.25, 0.3) is 0 Å². The van der Waals surface area contributed by atoms with Crippen LogP contribution >= 0.6 is 11.3 Å². The van der Waals surface area contributed by atoms with Crippen LogP contribution in [0.4, 0.5) is 13.9 Å². The maximum atomic E-state index is 13.4. The van der Waals surface area contributed by atoms with E-state index in [2.05, 4.69) is 10.3 Å². The van der Waals surface area contributed by atoms with E-state index in [0.29, 0.717) is 29.8 Å². The molecule has 0 bridgehead atoms. The molecule has 1 N–H and O–H groups in total. The number of amides is 1. The summed E-state index contributed by atoms with van der Waals surface area (Å²) >= 11 is 1.03. The van der Waals surface area contributed by atoms with Crippen molar-refractivity contribution in [3.63, 3.8) is 0 Å². The van der Waals surface area contributed by atoms with E-state index in [1.54, 1.807) is 12.1 Å². The molecule has 164 valence electrons. The lowest BCUT2D eigenvalue weighted by atomic mass is 9.99. The highest BCUT2D eigenvalue weighted by Gasteiger charge is 2.33. The highest BCUT2D eigenvalue weighted by Crippen LogP contribution is 2.30. The monoisotopic (exact) mass is 467 g/mol. The Hall–Kier alpha value is -2.63. The fourth-order valence-electron chi connectivity index (χ4n) is 3.46. The van der Waals surface area contributed by atoms with Crippen LogP contribution in [0.3, 0.4) is 0 Å². The van der Waals surface area contributed by atoms with Crippen molar-refractivity contribution in [3.05, 3.63) is 48.0 Å². The summed E-state index contributed by atoms with van der Waals surface area (Å²) in [5.41, 5.74) is 0.242. The van der Waals surface area contributed by atoms with Gasteiger partial charge >= 0.3 is 0 Å². The topological polar surface area (TPSA) is 88.6 Å². The molecule has 1 aliphatic heterocycles. The third kappa shape index (κ3) is 4.39. The minimum absolute atomic E-state index is 0.0361. The standard InChI is InChI=1S/C20H19F2N3O4S2/c1-29-13-4-6-14(7-5-13)31(27,28)25-8-2-3-12(11-25)19(26)24-20-23-17-9-15(21)16(22)10-18(17)30-20/h4-7,9-10,12H,2-3,8,11H2,1H3,(H,23,24,26). The number of anilines is 1. The molecule has 1 aliphatic rings. The van der Waals surface area contributed by atoms with Gasteiger partial charge in [0.1, 0.15) is 5.75 Å². The summed E-state index contributed by atoms with van der Waals surface area (Å²) < 4.78 is 59.5. The molecule has 4 rings (SSSR count). The number of aromatic nitrogens is 1. The summed E-state index contributed by atoms with van der Waals surface area (Å²) in [6, 6.07) is 8.08. The minimum atomic E-state index is -3.75. The number of halogens is 2. The van der Waals surface area contributed by atoms with Gasteiger partial charge in [-0.15, -0.1) is 0 Å². The summed E-state index contributed by atoms with van der Waals surface area (Å²) in [6.45, 7) is 0.353. The summed E-state index contributed by atoms with van der Waals surface area (Å²) in [4.78, 5) is 17.0. The van der Waals surface area contributed by atoms with Gasteiger partial charge in [-0.1, -0.05) is 11.3 Å². The van der Waals surface area contributed by atoms with Gasteiger partial charge in [0, 0.05) is 19.2 Å². The molecule has 1 saturated heterocycles. The molecule has 2 aromatic carbocycles. The molecule has 11 heteroatoms. The molecule has 1 amide bonds. The van der Waals surface area contributed by atoms with E-state index in [-0.39, 0.29) is 28.0 Å². The highest BCUT2D eigenvalue weighted by atomic mass is 32.2. The molecule has 1 atom stereocenters. The van der Waals surface area contributed by atoms with Crippen molar-refractivity contribution in [1.29, 1.82) is 0 Å². The van der Waals surface area contributed by atoms with Crippen molar-refractivity contribution in [2.24, 2.45) is 5.92 Å². The number of hydrogen-bond donors (Lipinski definition) is 1. The lowest BCUT2D eigenvalue weighted by Gasteiger charge is -2.31. The van der Waals surface area contributed by atoms with Crippen LogP contribution in [0.2, 0.25) is 0 Å². The fraction of sp³-hybridized carbons (Fsp3) is 0.300. The second-order valence-electron chi connectivity index (χ2n) is 7.12. The van der Waals surface area contributed by atoms with Gasteiger partial charge in [-0.25, -0.2) is 22.2 Å². The van der Waals surface area contributed by atoms with Crippen molar-refractivity contribution in [2.75, 3.05) is 25.5 Å². The number of nitrogens with zero attached hydrogens (tertiary/aromatic N) is 2. The number of rotatable bonds is 5. The summed E-state index contributed by atoms with van der Waals surface area (Å²) in [5.74, 6) is -2.40. The molecular weight excluding hydrogens is 448 g/mol. The molecule has 0 spiro atoms. The van der Waals surface area contributed by atoms with Crippen molar-refractivity contribution < 1.29 is 26.7 Å². The SMILES string of the molecule is COc1ccc(S(=O)(=O)N2CCCC(C(=O)Nc3nc4cc(F)c(F)cc4s3)C2)cc1. The molecule has 2 heterocycles. The Morgan fingerprint density at radius 3 is 2.65 bits per heavy atom. The molecule has 0 aliphatic carbocycles. The molecular formula is C20H19F2N3O4S2. The summed E-state index contributed by atoms with van der Waals surface area (Å²) in [5, 5.41) is 2.86. The van der Waals surface area contributed by atoms with Gasteiger partial charge in [0.2, 0.25) is 15.9 Å². The average molecular weight is 468 g/mol. The Morgan fingerprint density at radius 1 is 1.23 bits per heavy atom. The van der Waals surface area contributed by atoms with E-state index >= 15 is 0 Å². The van der Waals surface area contributed by atoms with E-state index in [1.165, 1.54) is 23.5 Å². The van der Waals surface area contributed by atoms with Crippen LogP contribution in [0, 0.1) is 17.6 Å². The normalized spacial score (nSPS) is 17.6. The van der Waals surface area contributed by atoms with Crippen LogP contribution in [0.1, 0.15) is 12.8 Å². The first-order valence-corrected chi connectivity index (χ1v) is 11.7. The quantitative estimate of drug-likeness (QED) is 0.619. The van der Waals surface area contributed by atoms with Gasteiger partial charge < -0.3 is 10.1 Å². The first-order valence-electron chi connectivity index (χ1n) is 9.48. The van der Waals surface area contributed by atoms with Crippen molar-refractivity contribution in [3.8, 4) is 5.75 Å². The van der Waals surface area contributed by atoms with Crippen molar-refractivity contribution in [1.82, 2.24) is 9.29 Å². The van der Waals surface area contributed by atoms with Gasteiger partial charge in [-0.2, -0.15) is 4.31 Å². The smallest absolute Gasteiger partial charge is 0.243 e. The molecule has 1 fully saturated rings. The van der Waals surface area contributed by atoms with Gasteiger partial charge in [-0.3, -0.25) is 4.79 Å². The van der Waals surface area contributed by atoms with Crippen LogP contribution in [-0.2, 0) is 14.8 Å². The van der Waals surface area contributed by atoms with E-state index in [1.807, 2.05) is 0 Å². The largest absolute Gasteiger partial charge is 0.497 e. The van der Waals surface area contributed by atoms with Crippen LogP contribution in [-0.4, -0.2) is 43.8 Å². The Kier molecular flexibility index (Phi) is 5.91. The maximum absolute atomic E-state index is 13.4. The first kappa shape index (κ1) is 21.6. The van der Waals surface area contributed by atoms with E-state index < -0.39 is 27.6 Å². The van der Waals surface area contributed by atoms with Gasteiger partial charge in [0.05, 0.1) is 28.1 Å². The van der Waals surface area contributed by atoms with E-state index in [0.717, 1.165) is 23.5 Å². The van der Waals surface area contributed by atoms with Crippen LogP contribution in [0.15, 0.2) is 41.3 Å². The zero-order valence-corrected chi connectivity index (χ0v) is 18.1. The number of thiazole rings is 1. The number of fused-ring (bicyclic) bond motifs is 1. The minimum Gasteiger partial charge on any atom is -0.497 e. The Morgan fingerprint density at radius 2 is 1.94 bits per heavy atom.